The largest absolute Gasteiger partial charge is 0.509 e. The summed E-state index contributed by atoms with van der Waals surface area (Å²) in [5.41, 5.74) is 11.8. The van der Waals surface area contributed by atoms with Gasteiger partial charge in [0.1, 0.15) is 5.82 Å². The van der Waals surface area contributed by atoms with Crippen molar-refractivity contribution >= 4 is 57.0 Å². The number of ether oxygens (including phenoxy) is 1. The van der Waals surface area contributed by atoms with Crippen molar-refractivity contribution in [2.45, 2.75) is 26.2 Å². The molecule has 0 radical (unpaired) electrons. The Morgan fingerprint density at radius 3 is 2.15 bits per heavy atom. The van der Waals surface area contributed by atoms with Crippen LogP contribution in [0.5, 0.6) is 11.5 Å². The van der Waals surface area contributed by atoms with Crippen LogP contribution in [0.1, 0.15) is 37.5 Å². The van der Waals surface area contributed by atoms with E-state index in [0.29, 0.717) is 11.5 Å². The molecule has 6 nitrogen and oxygen atoms in total. The Bertz CT molecular complexity index is 3110. The molecule has 8 aromatic rings. The summed E-state index contributed by atoms with van der Waals surface area (Å²) in [6.45, 7) is 8.93. The summed E-state index contributed by atoms with van der Waals surface area (Å²) < 4.78 is 8.85. The summed E-state index contributed by atoms with van der Waals surface area (Å²) >= 11 is 0. The van der Waals surface area contributed by atoms with Crippen LogP contribution in [0.25, 0.3) is 38.9 Å². The van der Waals surface area contributed by atoms with Crippen LogP contribution in [0.15, 0.2) is 194 Å². The van der Waals surface area contributed by atoms with E-state index in [1.54, 1.807) is 0 Å². The molecule has 0 bridgehead atoms. The number of rotatable bonds is 7. The normalized spacial score (nSPS) is 14.6. The van der Waals surface area contributed by atoms with Crippen LogP contribution in [-0.2, 0) is 26.5 Å². The monoisotopic (exact) mass is 981 g/mol. The van der Waals surface area contributed by atoms with E-state index < -0.39 is 0 Å². The fraction of sp³-hybridized carbons (Fsp3) is 0.0741. The molecule has 62 heavy (non-hydrogen) atoms. The summed E-state index contributed by atoms with van der Waals surface area (Å²) in [6.07, 6.45) is 8.34. The minimum atomic E-state index is -0.0245. The van der Waals surface area contributed by atoms with Crippen LogP contribution in [0.4, 0.5) is 17.1 Å². The van der Waals surface area contributed by atoms with Crippen molar-refractivity contribution in [3.63, 3.8) is 0 Å². The van der Waals surface area contributed by atoms with Gasteiger partial charge in [0.25, 0.3) is 0 Å². The predicted molar refractivity (Wildman–Crippen MR) is 250 cm³/mol. The molecule has 0 amide bonds. The molecular formula is C54H41BN5OPt-3. The topological polar surface area (TPSA) is 36.8 Å². The minimum Gasteiger partial charge on any atom is -0.509 e. The molecule has 0 N–H and O–H groups in total. The minimum absolute atomic E-state index is 0. The van der Waals surface area contributed by atoms with Crippen molar-refractivity contribution in [3.8, 4) is 17.3 Å². The second kappa shape index (κ2) is 15.9. The van der Waals surface area contributed by atoms with E-state index in [2.05, 4.69) is 223 Å². The quantitative estimate of drug-likeness (QED) is 0.117. The second-order valence-corrected chi connectivity index (χ2v) is 16.6. The number of anilines is 3. The van der Waals surface area contributed by atoms with Gasteiger partial charge in [-0.25, -0.2) is 4.98 Å². The molecular weight excluding hydrogens is 941 g/mol. The predicted octanol–water partition coefficient (Wildman–Crippen LogP) is 12.9. The van der Waals surface area contributed by atoms with E-state index in [-0.39, 0.29) is 33.3 Å². The molecule has 0 aliphatic carbocycles. The summed E-state index contributed by atoms with van der Waals surface area (Å²) in [5, 5.41) is 2.23. The zero-order valence-electron chi connectivity index (χ0n) is 34.5. The van der Waals surface area contributed by atoms with E-state index in [9.17, 15) is 0 Å². The molecule has 0 atom stereocenters. The molecule has 3 aliphatic heterocycles. The Labute approximate surface area is 377 Å². The maximum atomic E-state index is 6.65. The zero-order valence-corrected chi connectivity index (χ0v) is 36.8. The first-order valence-electron chi connectivity index (χ1n) is 20.7. The first-order valence-corrected chi connectivity index (χ1v) is 20.7. The molecule has 0 saturated heterocycles. The van der Waals surface area contributed by atoms with Crippen LogP contribution in [0, 0.1) is 18.8 Å². The smallest absolute Gasteiger partial charge is 0.313 e. The molecule has 5 heterocycles. The molecule has 0 saturated carbocycles. The number of fused-ring (bicyclic) bond motifs is 5. The maximum absolute atomic E-state index is 6.65. The SMILES string of the molecule is CC(C)(C)c1ccnc(-n2c3[c-]c(Oc4[c-]c(N5[CH-]N(C6=C(c7ccccc7)N7C=CC=CB7C=C6c6ccccc6)c6ccccc65)ccc4)ccc3c3ccccc32)c1.[Pt]. The molecule has 8 heteroatoms. The number of hydrogen-bond donors (Lipinski definition) is 0. The first-order chi connectivity index (χ1) is 29.9. The van der Waals surface area contributed by atoms with Gasteiger partial charge in [0.05, 0.1) is 5.70 Å². The van der Waals surface area contributed by atoms with E-state index in [0.717, 1.165) is 67.2 Å². The molecule has 0 unspecified atom stereocenters. The summed E-state index contributed by atoms with van der Waals surface area (Å²) in [5.74, 6) is 6.67. The van der Waals surface area contributed by atoms with Gasteiger partial charge in [0.2, 0.25) is 0 Å². The third-order valence-electron chi connectivity index (χ3n) is 11.7. The Kier molecular flexibility index (Phi) is 10.1. The number of nitrogens with zero attached hydrogens (tertiary/aromatic N) is 5. The Morgan fingerprint density at radius 1 is 0.645 bits per heavy atom. The Balaban J connectivity index is 0.00000458. The molecule has 0 spiro atoms. The molecule has 6 aromatic carbocycles. The molecule has 0 fully saturated rings. The third-order valence-corrected chi connectivity index (χ3v) is 11.7. The van der Waals surface area contributed by atoms with Crippen LogP contribution in [0.3, 0.4) is 0 Å². The van der Waals surface area contributed by atoms with Crippen molar-refractivity contribution in [1.29, 1.82) is 0 Å². The van der Waals surface area contributed by atoms with Gasteiger partial charge in [0.15, 0.2) is 0 Å². The Morgan fingerprint density at radius 2 is 1.35 bits per heavy atom. The van der Waals surface area contributed by atoms with Crippen molar-refractivity contribution in [2.24, 2.45) is 0 Å². The fourth-order valence-electron chi connectivity index (χ4n) is 8.76. The van der Waals surface area contributed by atoms with E-state index in [1.165, 1.54) is 11.1 Å². The number of pyridine rings is 1. The van der Waals surface area contributed by atoms with Gasteiger partial charge < -0.3 is 23.9 Å². The van der Waals surface area contributed by atoms with Crippen molar-refractivity contribution in [1.82, 2.24) is 14.4 Å². The second-order valence-electron chi connectivity index (χ2n) is 16.6. The summed E-state index contributed by atoms with van der Waals surface area (Å²) in [7, 11) is 0. The number of benzene rings is 6. The number of hydrogen-bond acceptors (Lipinski definition) is 5. The first kappa shape index (κ1) is 39.3. The molecule has 3 aliphatic rings. The van der Waals surface area contributed by atoms with Gasteiger partial charge >= 0.3 is 6.85 Å². The Hall–Kier alpha value is -6.82. The standard InChI is InChI=1S/C54H41BN5O.Pt/c1-54(2,3)40-29-31-56-51(33-40)60-47-24-11-10-23-44(47)45-28-27-43(35-50(45)60)61-42-22-16-21-41(34-42)57-37-58(49-26-13-12-25-48(49)57)53-46(38-17-6-4-7-18-38)36-55-30-14-15-32-59(55)52(53)39-19-8-5-9-20-39;/h4-33,36-37H,1-3H3;/q-3;. The average molecular weight is 982 g/mol. The van der Waals surface area contributed by atoms with Gasteiger partial charge in [-0.1, -0.05) is 135 Å². The van der Waals surface area contributed by atoms with Crippen LogP contribution < -0.4 is 14.5 Å². The van der Waals surface area contributed by atoms with Crippen molar-refractivity contribution < 1.29 is 25.8 Å². The van der Waals surface area contributed by atoms with Crippen molar-refractivity contribution in [3.05, 3.63) is 229 Å². The van der Waals surface area contributed by atoms with Gasteiger partial charge in [-0.2, -0.15) is 12.1 Å². The molecule has 11 rings (SSSR count). The van der Waals surface area contributed by atoms with Gasteiger partial charge in [-0.3, -0.25) is 0 Å². The van der Waals surface area contributed by atoms with Crippen LogP contribution >= 0.6 is 0 Å². The van der Waals surface area contributed by atoms with Crippen LogP contribution in [-0.4, -0.2) is 21.2 Å². The zero-order chi connectivity index (χ0) is 41.1. The average Bonchev–Trinajstić information content (AvgIpc) is 3.85. The summed E-state index contributed by atoms with van der Waals surface area (Å²) in [6, 6.07) is 60.1. The number of para-hydroxylation sites is 3. The van der Waals surface area contributed by atoms with Gasteiger partial charge in [-0.15, -0.1) is 48.1 Å². The molecule has 2 aromatic heterocycles. The van der Waals surface area contributed by atoms with E-state index in [4.69, 9.17) is 9.72 Å². The van der Waals surface area contributed by atoms with Crippen LogP contribution in [0.2, 0.25) is 0 Å². The molecule has 304 valence electrons. The fourth-order valence-corrected chi connectivity index (χ4v) is 8.76. The van der Waals surface area contributed by atoms with Gasteiger partial charge in [0, 0.05) is 61.3 Å². The number of allylic oxidation sites excluding steroid dienone is 3. The van der Waals surface area contributed by atoms with E-state index >= 15 is 0 Å². The number of aromatic nitrogens is 2. The summed E-state index contributed by atoms with van der Waals surface area (Å²) in [4.78, 5) is 11.8. The van der Waals surface area contributed by atoms with Gasteiger partial charge in [-0.05, 0) is 75.7 Å². The van der Waals surface area contributed by atoms with Crippen molar-refractivity contribution in [2.75, 3.05) is 9.80 Å². The maximum Gasteiger partial charge on any atom is 0.313 e. The van der Waals surface area contributed by atoms with E-state index in [1.807, 2.05) is 24.4 Å². The third kappa shape index (κ3) is 6.87.